The molecule has 0 bridgehead atoms. The molecule has 0 heterocycles. The lowest BCUT2D eigenvalue weighted by molar-refractivity contribution is -0.385. The number of halogens is 1. The lowest BCUT2D eigenvalue weighted by atomic mass is 10.1. The van der Waals surface area contributed by atoms with E-state index in [0.717, 1.165) is 0 Å². The predicted molar refractivity (Wildman–Crippen MR) is 73.6 cm³/mol. The highest BCUT2D eigenvalue weighted by Gasteiger charge is 2.17. The Bertz CT molecular complexity index is 678. The Kier molecular flexibility index (Phi) is 4.18. The molecule has 0 saturated carbocycles. The number of hydrogen-bond donors (Lipinski definition) is 0. The molecule has 2 rings (SSSR count). The number of ether oxygens (including phenoxy) is 1. The third kappa shape index (κ3) is 3.05. The van der Waals surface area contributed by atoms with Crippen molar-refractivity contribution in [1.29, 1.82) is 5.26 Å². The van der Waals surface area contributed by atoms with Crippen LogP contribution in [0.1, 0.15) is 11.1 Å². The minimum atomic E-state index is -0.579. The summed E-state index contributed by atoms with van der Waals surface area (Å²) in [4.78, 5) is 10.3. The maximum Gasteiger partial charge on any atom is 0.287 e. The second kappa shape index (κ2) is 6.04. The monoisotopic (exact) mass is 288 g/mol. The number of benzene rings is 2. The standard InChI is InChI=1S/C14H9ClN2O3/c15-11-4-6-12(7-5-11)20-9-10-2-1-3-14(17(18)19)13(10)8-16/h1-7H,9H2. The average molecular weight is 289 g/mol. The molecule has 0 spiro atoms. The van der Waals surface area contributed by atoms with Crippen molar-refractivity contribution in [2.24, 2.45) is 0 Å². The van der Waals surface area contributed by atoms with E-state index in [0.29, 0.717) is 16.3 Å². The van der Waals surface area contributed by atoms with Gasteiger partial charge in [-0.15, -0.1) is 0 Å². The van der Waals surface area contributed by atoms with E-state index >= 15 is 0 Å². The lowest BCUT2D eigenvalue weighted by Gasteiger charge is -2.07. The zero-order chi connectivity index (χ0) is 14.5. The van der Waals surface area contributed by atoms with E-state index in [-0.39, 0.29) is 17.9 Å². The van der Waals surface area contributed by atoms with Gasteiger partial charge in [-0.05, 0) is 24.3 Å². The Morgan fingerprint density at radius 2 is 1.95 bits per heavy atom. The van der Waals surface area contributed by atoms with Crippen molar-refractivity contribution in [3.8, 4) is 11.8 Å². The molecule has 2 aromatic carbocycles. The molecule has 100 valence electrons. The molecule has 0 aliphatic rings. The van der Waals surface area contributed by atoms with Gasteiger partial charge in [0.15, 0.2) is 0 Å². The third-order valence-corrected chi connectivity index (χ3v) is 2.90. The molecule has 0 aliphatic carbocycles. The first kappa shape index (κ1) is 13.8. The van der Waals surface area contributed by atoms with Crippen LogP contribution < -0.4 is 4.74 Å². The molecule has 20 heavy (non-hydrogen) atoms. The summed E-state index contributed by atoms with van der Waals surface area (Å²) in [5.74, 6) is 0.574. The summed E-state index contributed by atoms with van der Waals surface area (Å²) in [5, 5.41) is 20.5. The van der Waals surface area contributed by atoms with Gasteiger partial charge in [0, 0.05) is 16.7 Å². The largest absolute Gasteiger partial charge is 0.489 e. The molecule has 0 saturated heterocycles. The fourth-order valence-electron chi connectivity index (χ4n) is 1.68. The van der Waals surface area contributed by atoms with Crippen molar-refractivity contribution >= 4 is 17.3 Å². The van der Waals surface area contributed by atoms with Gasteiger partial charge in [-0.3, -0.25) is 10.1 Å². The van der Waals surface area contributed by atoms with E-state index in [4.69, 9.17) is 21.6 Å². The summed E-state index contributed by atoms with van der Waals surface area (Å²) in [6.45, 7) is 0.0756. The molecule has 0 amide bonds. The van der Waals surface area contributed by atoms with Crippen LogP contribution in [-0.2, 0) is 6.61 Å². The van der Waals surface area contributed by atoms with Crippen molar-refractivity contribution in [2.75, 3.05) is 0 Å². The molecular formula is C14H9ClN2O3. The van der Waals surface area contributed by atoms with Gasteiger partial charge in [0.2, 0.25) is 0 Å². The molecule has 2 aromatic rings. The van der Waals surface area contributed by atoms with Gasteiger partial charge >= 0.3 is 0 Å². The summed E-state index contributed by atoms with van der Waals surface area (Å²) in [6.07, 6.45) is 0. The summed E-state index contributed by atoms with van der Waals surface area (Å²) in [7, 11) is 0. The van der Waals surface area contributed by atoms with Crippen molar-refractivity contribution in [2.45, 2.75) is 6.61 Å². The molecule has 0 aliphatic heterocycles. The predicted octanol–water partition coefficient (Wildman–Crippen LogP) is 3.70. The second-order valence-corrected chi connectivity index (χ2v) is 4.36. The third-order valence-electron chi connectivity index (χ3n) is 2.65. The first-order valence-electron chi connectivity index (χ1n) is 5.66. The number of nitro benzene ring substituents is 1. The first-order valence-corrected chi connectivity index (χ1v) is 6.04. The molecule has 5 nitrogen and oxygen atoms in total. The normalized spacial score (nSPS) is 9.80. The fourth-order valence-corrected chi connectivity index (χ4v) is 1.81. The average Bonchev–Trinajstić information content (AvgIpc) is 2.46. The van der Waals surface area contributed by atoms with Crippen LogP contribution in [-0.4, -0.2) is 4.92 Å². The summed E-state index contributed by atoms with van der Waals surface area (Å²) >= 11 is 5.76. The van der Waals surface area contributed by atoms with Crippen LogP contribution in [0.2, 0.25) is 5.02 Å². The van der Waals surface area contributed by atoms with Gasteiger partial charge in [-0.25, -0.2) is 0 Å². The summed E-state index contributed by atoms with van der Waals surface area (Å²) in [6, 6.07) is 13.0. The van der Waals surface area contributed by atoms with E-state index in [9.17, 15) is 10.1 Å². The second-order valence-electron chi connectivity index (χ2n) is 3.92. The molecule has 0 fully saturated rings. The van der Waals surface area contributed by atoms with E-state index in [2.05, 4.69) is 0 Å². The van der Waals surface area contributed by atoms with Crippen LogP contribution in [0.15, 0.2) is 42.5 Å². The van der Waals surface area contributed by atoms with Crippen molar-refractivity contribution in [3.63, 3.8) is 0 Å². The van der Waals surface area contributed by atoms with Crippen molar-refractivity contribution < 1.29 is 9.66 Å². The van der Waals surface area contributed by atoms with E-state index in [1.54, 1.807) is 30.3 Å². The van der Waals surface area contributed by atoms with Crippen LogP contribution in [0.5, 0.6) is 5.75 Å². The Balaban J connectivity index is 2.22. The number of hydrogen-bond acceptors (Lipinski definition) is 4. The van der Waals surface area contributed by atoms with E-state index in [1.807, 2.05) is 6.07 Å². The smallest absolute Gasteiger partial charge is 0.287 e. The highest BCUT2D eigenvalue weighted by atomic mass is 35.5. The topological polar surface area (TPSA) is 76.2 Å². The Hall–Kier alpha value is -2.58. The van der Waals surface area contributed by atoms with Gasteiger partial charge in [0.25, 0.3) is 5.69 Å². The zero-order valence-electron chi connectivity index (χ0n) is 10.2. The van der Waals surface area contributed by atoms with Gasteiger partial charge < -0.3 is 4.74 Å². The Morgan fingerprint density at radius 3 is 2.55 bits per heavy atom. The molecular weight excluding hydrogens is 280 g/mol. The Labute approximate surface area is 120 Å². The van der Waals surface area contributed by atoms with Crippen LogP contribution in [0.3, 0.4) is 0 Å². The highest BCUT2D eigenvalue weighted by Crippen LogP contribution is 2.23. The minimum absolute atomic E-state index is 0.0199. The fraction of sp³-hybridized carbons (Fsp3) is 0.0714. The van der Waals surface area contributed by atoms with Crippen LogP contribution in [0.4, 0.5) is 5.69 Å². The van der Waals surface area contributed by atoms with Crippen LogP contribution >= 0.6 is 11.6 Å². The number of nitrogens with zero attached hydrogens (tertiary/aromatic N) is 2. The molecule has 0 unspecified atom stereocenters. The van der Waals surface area contributed by atoms with E-state index in [1.165, 1.54) is 12.1 Å². The van der Waals surface area contributed by atoms with Crippen molar-refractivity contribution in [3.05, 3.63) is 68.7 Å². The molecule has 0 aromatic heterocycles. The number of nitriles is 1. The summed E-state index contributed by atoms with van der Waals surface area (Å²) < 4.78 is 5.49. The molecule has 0 radical (unpaired) electrons. The molecule has 6 heteroatoms. The number of rotatable bonds is 4. The SMILES string of the molecule is N#Cc1c(COc2ccc(Cl)cc2)cccc1[N+](=O)[O-]. The maximum absolute atomic E-state index is 10.8. The van der Waals surface area contributed by atoms with Gasteiger partial charge in [-0.1, -0.05) is 23.7 Å². The molecule has 0 atom stereocenters. The van der Waals surface area contributed by atoms with Gasteiger partial charge in [0.1, 0.15) is 24.0 Å². The van der Waals surface area contributed by atoms with Crippen LogP contribution in [0, 0.1) is 21.4 Å². The van der Waals surface area contributed by atoms with Crippen molar-refractivity contribution in [1.82, 2.24) is 0 Å². The Morgan fingerprint density at radius 1 is 1.25 bits per heavy atom. The van der Waals surface area contributed by atoms with Crippen LogP contribution in [0.25, 0.3) is 0 Å². The van der Waals surface area contributed by atoms with Gasteiger partial charge in [-0.2, -0.15) is 5.26 Å². The minimum Gasteiger partial charge on any atom is -0.489 e. The van der Waals surface area contributed by atoms with E-state index < -0.39 is 4.92 Å². The quantitative estimate of drug-likeness (QED) is 0.635. The lowest BCUT2D eigenvalue weighted by Crippen LogP contribution is -2.01. The summed E-state index contributed by atoms with van der Waals surface area (Å²) in [5.41, 5.74) is 0.271. The first-order chi connectivity index (χ1) is 9.61. The maximum atomic E-state index is 10.8. The number of nitro groups is 1. The molecule has 0 N–H and O–H groups in total. The highest BCUT2D eigenvalue weighted by molar-refractivity contribution is 6.30. The zero-order valence-corrected chi connectivity index (χ0v) is 11.0. The van der Waals surface area contributed by atoms with Gasteiger partial charge in [0.05, 0.1) is 4.92 Å².